The normalized spacial score (nSPS) is 11.6. The Hall–Kier alpha value is -3.16. The standard InChI is InChI=1S/C19H22N2O6/c1-3-20-16(22)10-9-14(19(25)26-4-2)21-17(23)13-11-12-7-5-6-8-15(12)27-18(13)24/h5-8,11,14H,3-4,9-10H2,1-2H3,(H,20,22)(H,21,23). The van der Waals surface area contributed by atoms with E-state index in [0.717, 1.165) is 0 Å². The van der Waals surface area contributed by atoms with Crippen LogP contribution in [0.3, 0.4) is 0 Å². The SMILES string of the molecule is CCNC(=O)CCC(NC(=O)c1cc2ccccc2oc1=O)C(=O)OCC. The van der Waals surface area contributed by atoms with Gasteiger partial charge < -0.3 is 19.8 Å². The number of rotatable bonds is 8. The van der Waals surface area contributed by atoms with Gasteiger partial charge in [-0.25, -0.2) is 9.59 Å². The van der Waals surface area contributed by atoms with Gasteiger partial charge in [0.2, 0.25) is 5.91 Å². The van der Waals surface area contributed by atoms with Crippen molar-refractivity contribution in [2.24, 2.45) is 0 Å². The Morgan fingerprint density at radius 1 is 1.19 bits per heavy atom. The molecule has 2 rings (SSSR count). The third-order valence-corrected chi connectivity index (χ3v) is 3.80. The number of para-hydroxylation sites is 1. The molecule has 0 bridgehead atoms. The van der Waals surface area contributed by atoms with Crippen LogP contribution in [0.4, 0.5) is 0 Å². The molecule has 1 unspecified atom stereocenters. The molecule has 0 radical (unpaired) electrons. The van der Waals surface area contributed by atoms with Crippen molar-refractivity contribution >= 4 is 28.8 Å². The van der Waals surface area contributed by atoms with Crippen LogP contribution >= 0.6 is 0 Å². The van der Waals surface area contributed by atoms with E-state index in [-0.39, 0.29) is 30.9 Å². The fraction of sp³-hybridized carbons (Fsp3) is 0.368. The summed E-state index contributed by atoms with van der Waals surface area (Å²) >= 11 is 0. The first-order chi connectivity index (χ1) is 13.0. The van der Waals surface area contributed by atoms with E-state index in [1.807, 2.05) is 0 Å². The van der Waals surface area contributed by atoms with E-state index >= 15 is 0 Å². The van der Waals surface area contributed by atoms with Crippen molar-refractivity contribution in [3.05, 3.63) is 46.3 Å². The largest absolute Gasteiger partial charge is 0.464 e. The second kappa shape index (κ2) is 9.51. The molecule has 1 heterocycles. The first-order valence-electron chi connectivity index (χ1n) is 8.73. The lowest BCUT2D eigenvalue weighted by Gasteiger charge is -2.17. The van der Waals surface area contributed by atoms with E-state index in [1.54, 1.807) is 38.1 Å². The topological polar surface area (TPSA) is 115 Å². The van der Waals surface area contributed by atoms with Gasteiger partial charge in [0, 0.05) is 18.4 Å². The van der Waals surface area contributed by atoms with Gasteiger partial charge in [0.05, 0.1) is 6.61 Å². The van der Waals surface area contributed by atoms with Crippen LogP contribution < -0.4 is 16.3 Å². The average molecular weight is 374 g/mol. The van der Waals surface area contributed by atoms with Gasteiger partial charge in [-0.2, -0.15) is 0 Å². The van der Waals surface area contributed by atoms with Gasteiger partial charge in [-0.3, -0.25) is 9.59 Å². The van der Waals surface area contributed by atoms with Gasteiger partial charge in [-0.1, -0.05) is 18.2 Å². The van der Waals surface area contributed by atoms with Crippen LogP contribution in [0.25, 0.3) is 11.0 Å². The summed E-state index contributed by atoms with van der Waals surface area (Å²) in [5.41, 5.74) is -0.671. The fourth-order valence-electron chi connectivity index (χ4n) is 2.51. The lowest BCUT2D eigenvalue weighted by Crippen LogP contribution is -2.43. The highest BCUT2D eigenvalue weighted by Gasteiger charge is 2.25. The second-order valence-corrected chi connectivity index (χ2v) is 5.76. The lowest BCUT2D eigenvalue weighted by molar-refractivity contribution is -0.145. The van der Waals surface area contributed by atoms with Gasteiger partial charge in [-0.05, 0) is 32.4 Å². The summed E-state index contributed by atoms with van der Waals surface area (Å²) in [6.07, 6.45) is 0.0826. The van der Waals surface area contributed by atoms with E-state index < -0.39 is 23.5 Å². The molecule has 0 aliphatic carbocycles. The zero-order chi connectivity index (χ0) is 19.8. The van der Waals surface area contributed by atoms with E-state index in [0.29, 0.717) is 17.5 Å². The third kappa shape index (κ3) is 5.40. The Kier molecular flexibility index (Phi) is 7.10. The van der Waals surface area contributed by atoms with Crippen molar-refractivity contribution in [2.75, 3.05) is 13.2 Å². The number of nitrogens with one attached hydrogen (secondary N) is 2. The van der Waals surface area contributed by atoms with Crippen molar-refractivity contribution in [3.8, 4) is 0 Å². The molecule has 1 atom stereocenters. The minimum absolute atomic E-state index is 0.0317. The van der Waals surface area contributed by atoms with Gasteiger partial charge in [0.15, 0.2) is 0 Å². The molecule has 0 saturated heterocycles. The van der Waals surface area contributed by atoms with Crippen LogP contribution in [0, 0.1) is 0 Å². The summed E-state index contributed by atoms with van der Waals surface area (Å²) in [7, 11) is 0. The molecule has 8 nitrogen and oxygen atoms in total. The van der Waals surface area contributed by atoms with Crippen molar-refractivity contribution in [1.82, 2.24) is 10.6 Å². The molecule has 0 aliphatic rings. The molecular formula is C19H22N2O6. The molecule has 0 spiro atoms. The number of esters is 1. The number of benzene rings is 1. The third-order valence-electron chi connectivity index (χ3n) is 3.80. The zero-order valence-electron chi connectivity index (χ0n) is 15.2. The molecule has 2 N–H and O–H groups in total. The maximum atomic E-state index is 12.5. The van der Waals surface area contributed by atoms with Crippen LogP contribution in [-0.2, 0) is 14.3 Å². The molecule has 0 saturated carbocycles. The van der Waals surface area contributed by atoms with Gasteiger partial charge in [0.25, 0.3) is 5.91 Å². The number of hydrogen-bond acceptors (Lipinski definition) is 6. The highest BCUT2D eigenvalue weighted by atomic mass is 16.5. The number of ether oxygens (including phenoxy) is 1. The first-order valence-corrected chi connectivity index (χ1v) is 8.73. The summed E-state index contributed by atoms with van der Waals surface area (Å²) in [5.74, 6) is -1.67. The Bertz CT molecular complexity index is 889. The fourth-order valence-corrected chi connectivity index (χ4v) is 2.51. The highest BCUT2D eigenvalue weighted by Crippen LogP contribution is 2.13. The Balaban J connectivity index is 2.19. The first kappa shape index (κ1) is 20.2. The minimum Gasteiger partial charge on any atom is -0.464 e. The quantitative estimate of drug-likeness (QED) is 0.533. The van der Waals surface area contributed by atoms with Crippen LogP contribution in [0.1, 0.15) is 37.0 Å². The second-order valence-electron chi connectivity index (χ2n) is 5.76. The lowest BCUT2D eigenvalue weighted by atomic mass is 10.1. The molecular weight excluding hydrogens is 352 g/mol. The zero-order valence-corrected chi connectivity index (χ0v) is 15.2. The molecule has 1 aromatic heterocycles. The van der Waals surface area contributed by atoms with Crippen molar-refractivity contribution in [2.45, 2.75) is 32.7 Å². The molecule has 2 amide bonds. The number of fused-ring (bicyclic) bond motifs is 1. The van der Waals surface area contributed by atoms with E-state index in [4.69, 9.17) is 9.15 Å². The van der Waals surface area contributed by atoms with Gasteiger partial charge >= 0.3 is 11.6 Å². The number of carbonyl (C=O) groups excluding carboxylic acids is 3. The molecule has 1 aromatic carbocycles. The maximum absolute atomic E-state index is 12.5. The molecule has 27 heavy (non-hydrogen) atoms. The number of carbonyl (C=O) groups is 3. The maximum Gasteiger partial charge on any atom is 0.349 e. The molecule has 0 fully saturated rings. The summed E-state index contributed by atoms with van der Waals surface area (Å²) < 4.78 is 10.1. The van der Waals surface area contributed by atoms with Crippen LogP contribution in [-0.4, -0.2) is 37.0 Å². The van der Waals surface area contributed by atoms with E-state index in [9.17, 15) is 19.2 Å². The Labute approximate surface area is 155 Å². The number of amides is 2. The summed E-state index contributed by atoms with van der Waals surface area (Å²) in [5, 5.41) is 5.67. The minimum atomic E-state index is -1.05. The van der Waals surface area contributed by atoms with Crippen LogP contribution in [0.5, 0.6) is 0 Å². The average Bonchev–Trinajstić information content (AvgIpc) is 2.64. The highest BCUT2D eigenvalue weighted by molar-refractivity contribution is 5.98. The van der Waals surface area contributed by atoms with Crippen molar-refractivity contribution in [1.29, 1.82) is 0 Å². The smallest absolute Gasteiger partial charge is 0.349 e. The summed E-state index contributed by atoms with van der Waals surface area (Å²) in [6, 6.07) is 7.13. The van der Waals surface area contributed by atoms with E-state index in [1.165, 1.54) is 6.07 Å². The molecule has 0 aliphatic heterocycles. The van der Waals surface area contributed by atoms with E-state index in [2.05, 4.69) is 10.6 Å². The molecule has 2 aromatic rings. The number of hydrogen-bond donors (Lipinski definition) is 2. The van der Waals surface area contributed by atoms with Crippen LogP contribution in [0.2, 0.25) is 0 Å². The predicted octanol–water partition coefficient (Wildman–Crippen LogP) is 1.37. The summed E-state index contributed by atoms with van der Waals surface area (Å²) in [6.45, 7) is 4.01. The molecule has 8 heteroatoms. The van der Waals surface area contributed by atoms with Gasteiger partial charge in [-0.15, -0.1) is 0 Å². The Morgan fingerprint density at radius 2 is 1.93 bits per heavy atom. The Morgan fingerprint density at radius 3 is 2.63 bits per heavy atom. The predicted molar refractivity (Wildman–Crippen MR) is 98.3 cm³/mol. The summed E-state index contributed by atoms with van der Waals surface area (Å²) in [4.78, 5) is 48.4. The van der Waals surface area contributed by atoms with Gasteiger partial charge in [0.1, 0.15) is 17.2 Å². The van der Waals surface area contributed by atoms with Crippen molar-refractivity contribution < 1.29 is 23.5 Å². The monoisotopic (exact) mass is 374 g/mol. The van der Waals surface area contributed by atoms with Crippen molar-refractivity contribution in [3.63, 3.8) is 0 Å². The van der Waals surface area contributed by atoms with Crippen LogP contribution in [0.15, 0.2) is 39.5 Å². The molecule has 144 valence electrons.